The molecular formula is C17H24N2O2. The van der Waals surface area contributed by atoms with Crippen LogP contribution in [0.2, 0.25) is 0 Å². The standard InChI is InChI=1S/C17H24N2O2/c1-5-14(12(2)3)19-11-15(20)18-17(4,16(19)21)13-9-7-6-8-10-13/h6-10,12,14H,5,11H2,1-4H3,(H,18,20). The van der Waals surface area contributed by atoms with Crippen molar-refractivity contribution in [1.29, 1.82) is 0 Å². The van der Waals surface area contributed by atoms with Gasteiger partial charge in [-0.25, -0.2) is 0 Å². The van der Waals surface area contributed by atoms with Gasteiger partial charge in [-0.1, -0.05) is 51.1 Å². The number of hydrogen-bond acceptors (Lipinski definition) is 2. The minimum absolute atomic E-state index is 0.0196. The molecule has 1 heterocycles. The minimum atomic E-state index is -0.973. The summed E-state index contributed by atoms with van der Waals surface area (Å²) in [4.78, 5) is 26.9. The first-order chi connectivity index (χ1) is 9.90. The lowest BCUT2D eigenvalue weighted by molar-refractivity contribution is -0.153. The number of carbonyl (C=O) groups is 2. The van der Waals surface area contributed by atoms with Gasteiger partial charge in [0.2, 0.25) is 5.91 Å². The van der Waals surface area contributed by atoms with Crippen LogP contribution in [0, 0.1) is 5.92 Å². The molecule has 21 heavy (non-hydrogen) atoms. The van der Waals surface area contributed by atoms with Crippen molar-refractivity contribution in [2.24, 2.45) is 5.92 Å². The van der Waals surface area contributed by atoms with E-state index in [-0.39, 0.29) is 24.4 Å². The van der Waals surface area contributed by atoms with Crippen LogP contribution in [0.25, 0.3) is 0 Å². The van der Waals surface area contributed by atoms with Gasteiger partial charge in [-0.05, 0) is 24.8 Å². The van der Waals surface area contributed by atoms with Crippen LogP contribution in [0.5, 0.6) is 0 Å². The number of amides is 2. The Morgan fingerprint density at radius 3 is 2.38 bits per heavy atom. The molecule has 1 fully saturated rings. The molecule has 0 bridgehead atoms. The van der Waals surface area contributed by atoms with E-state index in [1.54, 1.807) is 11.8 Å². The smallest absolute Gasteiger partial charge is 0.253 e. The van der Waals surface area contributed by atoms with Gasteiger partial charge in [-0.15, -0.1) is 0 Å². The molecule has 0 aliphatic carbocycles. The van der Waals surface area contributed by atoms with Crippen molar-refractivity contribution in [3.63, 3.8) is 0 Å². The summed E-state index contributed by atoms with van der Waals surface area (Å²) in [6.07, 6.45) is 0.849. The highest BCUT2D eigenvalue weighted by Gasteiger charge is 2.46. The molecule has 4 nitrogen and oxygen atoms in total. The topological polar surface area (TPSA) is 49.4 Å². The molecule has 1 N–H and O–H groups in total. The van der Waals surface area contributed by atoms with Gasteiger partial charge in [0.25, 0.3) is 5.91 Å². The third-order valence-electron chi connectivity index (χ3n) is 4.33. The average Bonchev–Trinajstić information content (AvgIpc) is 2.45. The van der Waals surface area contributed by atoms with Crippen LogP contribution in [0.1, 0.15) is 39.7 Å². The Balaban J connectivity index is 2.40. The molecule has 1 aliphatic rings. The van der Waals surface area contributed by atoms with Gasteiger partial charge < -0.3 is 10.2 Å². The van der Waals surface area contributed by atoms with Crippen LogP contribution in [0.15, 0.2) is 30.3 Å². The fourth-order valence-electron chi connectivity index (χ4n) is 3.17. The number of nitrogens with one attached hydrogen (secondary N) is 1. The summed E-state index contributed by atoms with van der Waals surface area (Å²) in [7, 11) is 0. The molecule has 0 radical (unpaired) electrons. The molecule has 1 aromatic rings. The largest absolute Gasteiger partial charge is 0.337 e. The number of carbonyl (C=O) groups excluding carboxylic acids is 2. The second-order valence-corrected chi connectivity index (χ2v) is 6.19. The van der Waals surface area contributed by atoms with Crippen molar-refractivity contribution >= 4 is 11.8 Å². The predicted octanol–water partition coefficient (Wildman–Crippen LogP) is 2.29. The number of piperazine rings is 1. The zero-order chi connectivity index (χ0) is 15.6. The lowest BCUT2D eigenvalue weighted by Gasteiger charge is -2.44. The van der Waals surface area contributed by atoms with Gasteiger partial charge in [0.15, 0.2) is 0 Å². The maximum Gasteiger partial charge on any atom is 0.253 e. The Kier molecular flexibility index (Phi) is 4.35. The van der Waals surface area contributed by atoms with Gasteiger partial charge in [0.05, 0.1) is 6.54 Å². The fraction of sp³-hybridized carbons (Fsp3) is 0.529. The highest BCUT2D eigenvalue weighted by Crippen LogP contribution is 2.29. The zero-order valence-electron chi connectivity index (χ0n) is 13.2. The van der Waals surface area contributed by atoms with Crippen LogP contribution in [0.4, 0.5) is 0 Å². The summed E-state index contributed by atoms with van der Waals surface area (Å²) in [6, 6.07) is 9.54. The van der Waals surface area contributed by atoms with Crippen LogP contribution in [-0.4, -0.2) is 29.3 Å². The molecular weight excluding hydrogens is 264 g/mol. The molecule has 1 saturated heterocycles. The number of rotatable bonds is 4. The van der Waals surface area contributed by atoms with Crippen molar-refractivity contribution in [3.8, 4) is 0 Å². The van der Waals surface area contributed by atoms with E-state index in [0.29, 0.717) is 5.92 Å². The second kappa shape index (κ2) is 5.88. The van der Waals surface area contributed by atoms with Gasteiger partial charge >= 0.3 is 0 Å². The van der Waals surface area contributed by atoms with Crippen LogP contribution < -0.4 is 5.32 Å². The number of benzene rings is 1. The van der Waals surface area contributed by atoms with E-state index in [9.17, 15) is 9.59 Å². The van der Waals surface area contributed by atoms with E-state index in [4.69, 9.17) is 0 Å². The molecule has 2 rings (SSSR count). The number of hydrogen-bond donors (Lipinski definition) is 1. The molecule has 1 aliphatic heterocycles. The van der Waals surface area contributed by atoms with Crippen LogP contribution >= 0.6 is 0 Å². The quantitative estimate of drug-likeness (QED) is 0.924. The highest BCUT2D eigenvalue weighted by molar-refractivity contribution is 5.98. The van der Waals surface area contributed by atoms with Gasteiger partial charge in [0.1, 0.15) is 5.54 Å². The summed E-state index contributed by atoms with van der Waals surface area (Å²) >= 11 is 0. The summed E-state index contributed by atoms with van der Waals surface area (Å²) in [5.74, 6) is 0.207. The molecule has 2 amide bonds. The second-order valence-electron chi connectivity index (χ2n) is 6.19. The van der Waals surface area contributed by atoms with Gasteiger partial charge in [-0.3, -0.25) is 9.59 Å². The Hall–Kier alpha value is -1.84. The molecule has 0 spiro atoms. The Labute approximate surface area is 126 Å². The molecule has 4 heteroatoms. The van der Waals surface area contributed by atoms with E-state index in [0.717, 1.165) is 12.0 Å². The first-order valence-corrected chi connectivity index (χ1v) is 7.57. The maximum atomic E-state index is 13.0. The lowest BCUT2D eigenvalue weighted by atomic mass is 9.86. The third kappa shape index (κ3) is 2.80. The Bertz CT molecular complexity index is 527. The van der Waals surface area contributed by atoms with Crippen LogP contribution in [0.3, 0.4) is 0 Å². The highest BCUT2D eigenvalue weighted by atomic mass is 16.2. The molecule has 114 valence electrons. The SMILES string of the molecule is CCC(C(C)C)N1CC(=O)NC(C)(c2ccccc2)C1=O. The monoisotopic (exact) mass is 288 g/mol. The first kappa shape index (κ1) is 15.5. The van der Waals surface area contributed by atoms with Gasteiger partial charge in [0, 0.05) is 6.04 Å². The number of nitrogens with zero attached hydrogens (tertiary/aromatic N) is 1. The molecule has 0 aromatic heterocycles. The van der Waals surface area contributed by atoms with E-state index in [2.05, 4.69) is 26.1 Å². The van der Waals surface area contributed by atoms with Gasteiger partial charge in [-0.2, -0.15) is 0 Å². The molecule has 0 saturated carbocycles. The maximum absolute atomic E-state index is 13.0. The first-order valence-electron chi connectivity index (χ1n) is 7.57. The minimum Gasteiger partial charge on any atom is -0.337 e. The van der Waals surface area contributed by atoms with Crippen molar-refractivity contribution in [1.82, 2.24) is 10.2 Å². The third-order valence-corrected chi connectivity index (χ3v) is 4.33. The molecule has 2 unspecified atom stereocenters. The summed E-state index contributed by atoms with van der Waals surface area (Å²) < 4.78 is 0. The van der Waals surface area contributed by atoms with E-state index < -0.39 is 5.54 Å². The molecule has 2 atom stereocenters. The van der Waals surface area contributed by atoms with Crippen LogP contribution in [-0.2, 0) is 15.1 Å². The fourth-order valence-corrected chi connectivity index (χ4v) is 3.17. The average molecular weight is 288 g/mol. The van der Waals surface area contributed by atoms with E-state index >= 15 is 0 Å². The van der Waals surface area contributed by atoms with E-state index in [1.165, 1.54) is 0 Å². The summed E-state index contributed by atoms with van der Waals surface area (Å²) in [5.41, 5.74) is -0.148. The van der Waals surface area contributed by atoms with Crippen molar-refractivity contribution < 1.29 is 9.59 Å². The van der Waals surface area contributed by atoms with E-state index in [1.807, 2.05) is 30.3 Å². The Morgan fingerprint density at radius 2 is 1.86 bits per heavy atom. The predicted molar refractivity (Wildman–Crippen MR) is 82.6 cm³/mol. The van der Waals surface area contributed by atoms with Crippen molar-refractivity contribution in [2.45, 2.75) is 45.7 Å². The lowest BCUT2D eigenvalue weighted by Crippen LogP contribution is -2.65. The normalized spacial score (nSPS) is 24.1. The van der Waals surface area contributed by atoms with Crippen molar-refractivity contribution in [3.05, 3.63) is 35.9 Å². The molecule has 1 aromatic carbocycles. The summed E-state index contributed by atoms with van der Waals surface area (Å²) in [5, 5.41) is 2.88. The zero-order valence-corrected chi connectivity index (χ0v) is 13.2. The van der Waals surface area contributed by atoms with Crippen molar-refractivity contribution in [2.75, 3.05) is 6.54 Å². The summed E-state index contributed by atoms with van der Waals surface area (Å²) in [6.45, 7) is 8.19. The Morgan fingerprint density at radius 1 is 1.24 bits per heavy atom.